The van der Waals surface area contributed by atoms with Crippen molar-refractivity contribution >= 4 is 33.4 Å². The maximum absolute atomic E-state index is 13.0. The van der Waals surface area contributed by atoms with Crippen molar-refractivity contribution in [2.45, 2.75) is 20.8 Å². The third-order valence-corrected chi connectivity index (χ3v) is 5.92. The lowest BCUT2D eigenvalue weighted by Crippen LogP contribution is -2.22. The molecule has 0 fully saturated rings. The number of benzene rings is 2. The maximum Gasteiger partial charge on any atom is 0.274 e. The van der Waals surface area contributed by atoms with Crippen molar-refractivity contribution in [1.29, 1.82) is 0 Å². The van der Waals surface area contributed by atoms with Crippen LogP contribution in [0.1, 0.15) is 22.3 Å². The Kier molecular flexibility index (Phi) is 4.15. The highest BCUT2D eigenvalue weighted by atomic mass is 32.1. The zero-order chi connectivity index (χ0) is 19.3. The van der Waals surface area contributed by atoms with Gasteiger partial charge >= 0.3 is 0 Å². The van der Waals surface area contributed by atoms with E-state index in [0.717, 1.165) is 33.5 Å². The molecule has 4 aromatic rings. The predicted octanol–water partition coefficient (Wildman–Crippen LogP) is 3.40. The first-order valence-electron chi connectivity index (χ1n) is 8.60. The number of ether oxygens (including phenoxy) is 2. The first-order chi connectivity index (χ1) is 12.9. The van der Waals surface area contributed by atoms with Crippen molar-refractivity contribution in [3.8, 4) is 11.5 Å². The van der Waals surface area contributed by atoms with Gasteiger partial charge in [-0.3, -0.25) is 4.79 Å². The van der Waals surface area contributed by atoms with Gasteiger partial charge < -0.3 is 9.47 Å². The summed E-state index contributed by atoms with van der Waals surface area (Å²) in [5.41, 5.74) is 5.71. The Morgan fingerprint density at radius 2 is 1.81 bits per heavy atom. The number of fused-ring (bicyclic) bond motifs is 3. The van der Waals surface area contributed by atoms with Gasteiger partial charge in [-0.2, -0.15) is 0 Å². The van der Waals surface area contributed by atoms with Gasteiger partial charge in [-0.1, -0.05) is 11.3 Å². The second-order valence-electron chi connectivity index (χ2n) is 6.59. The molecule has 4 rings (SSSR count). The van der Waals surface area contributed by atoms with Crippen LogP contribution in [0.15, 0.2) is 29.1 Å². The van der Waals surface area contributed by atoms with Crippen LogP contribution in [0, 0.1) is 20.8 Å². The molecule has 0 atom stereocenters. The lowest BCUT2D eigenvalue weighted by molar-refractivity contribution is 0.388. The largest absolute Gasteiger partial charge is 0.496 e. The highest BCUT2D eigenvalue weighted by Crippen LogP contribution is 2.31. The van der Waals surface area contributed by atoms with Gasteiger partial charge in [0.05, 0.1) is 29.8 Å². The van der Waals surface area contributed by atoms with Gasteiger partial charge in [-0.05, 0) is 62.2 Å². The number of imidazole rings is 1. The van der Waals surface area contributed by atoms with E-state index in [1.165, 1.54) is 16.9 Å². The minimum Gasteiger partial charge on any atom is -0.496 e. The molecule has 6 heteroatoms. The minimum absolute atomic E-state index is 0.0590. The van der Waals surface area contributed by atoms with Gasteiger partial charge in [0, 0.05) is 11.1 Å². The fourth-order valence-electron chi connectivity index (χ4n) is 3.36. The van der Waals surface area contributed by atoms with Crippen molar-refractivity contribution in [1.82, 2.24) is 9.38 Å². The van der Waals surface area contributed by atoms with Crippen LogP contribution in [0.4, 0.5) is 0 Å². The normalized spacial score (nSPS) is 12.3. The molecule has 0 aliphatic rings. The van der Waals surface area contributed by atoms with E-state index in [1.54, 1.807) is 18.6 Å². The Bertz CT molecular complexity index is 1300. The van der Waals surface area contributed by atoms with Crippen LogP contribution in [0.25, 0.3) is 22.1 Å². The van der Waals surface area contributed by atoms with Crippen LogP contribution in [0.2, 0.25) is 0 Å². The molecular weight excluding hydrogens is 360 g/mol. The Labute approximate surface area is 160 Å². The molecule has 27 heavy (non-hydrogen) atoms. The Hall–Kier alpha value is -2.86. The molecular formula is C21H20N2O3S. The smallest absolute Gasteiger partial charge is 0.274 e. The van der Waals surface area contributed by atoms with E-state index in [1.807, 2.05) is 44.2 Å². The van der Waals surface area contributed by atoms with E-state index in [-0.39, 0.29) is 5.56 Å². The highest BCUT2D eigenvalue weighted by Gasteiger charge is 2.14. The number of rotatable bonds is 3. The molecule has 0 saturated heterocycles. The monoisotopic (exact) mass is 380 g/mol. The summed E-state index contributed by atoms with van der Waals surface area (Å²) in [4.78, 5) is 18.4. The average molecular weight is 380 g/mol. The van der Waals surface area contributed by atoms with Crippen LogP contribution >= 0.6 is 11.3 Å². The Balaban J connectivity index is 1.98. The van der Waals surface area contributed by atoms with Crippen LogP contribution in [0.5, 0.6) is 11.5 Å². The van der Waals surface area contributed by atoms with E-state index in [9.17, 15) is 4.79 Å². The van der Waals surface area contributed by atoms with Gasteiger partial charge in [0.1, 0.15) is 11.5 Å². The first-order valence-corrected chi connectivity index (χ1v) is 9.41. The van der Waals surface area contributed by atoms with Crippen LogP contribution < -0.4 is 19.6 Å². The van der Waals surface area contributed by atoms with E-state index >= 15 is 0 Å². The maximum atomic E-state index is 13.0. The molecule has 0 unspecified atom stereocenters. The fourth-order valence-corrected chi connectivity index (χ4v) is 4.34. The molecule has 2 aromatic carbocycles. The second kappa shape index (κ2) is 6.39. The van der Waals surface area contributed by atoms with Gasteiger partial charge in [0.25, 0.3) is 5.56 Å². The molecule has 2 heterocycles. The summed E-state index contributed by atoms with van der Waals surface area (Å²) >= 11 is 1.39. The minimum atomic E-state index is -0.0590. The highest BCUT2D eigenvalue weighted by molar-refractivity contribution is 7.15. The van der Waals surface area contributed by atoms with Crippen LogP contribution in [0.3, 0.4) is 0 Å². The third-order valence-electron chi connectivity index (χ3n) is 4.95. The molecule has 0 N–H and O–H groups in total. The average Bonchev–Trinajstić information content (AvgIpc) is 3.12. The van der Waals surface area contributed by atoms with Crippen molar-refractivity contribution in [2.75, 3.05) is 14.2 Å². The number of aromatic nitrogens is 2. The molecule has 0 amide bonds. The fraction of sp³-hybridized carbons (Fsp3) is 0.238. The van der Waals surface area contributed by atoms with Crippen molar-refractivity contribution in [3.63, 3.8) is 0 Å². The molecule has 138 valence electrons. The number of hydrogen-bond acceptors (Lipinski definition) is 5. The standard InChI is InChI=1S/C21H20N2O3S/c1-11-8-15-16(9-12(11)2)23-20(24)18(27-21(23)22-15)10-14-6-7-17(25-4)13(3)19(14)26-5/h6-10H,1-5H3/b18-10-. The summed E-state index contributed by atoms with van der Waals surface area (Å²) in [6, 6.07) is 7.84. The molecule has 2 aromatic heterocycles. The molecule has 0 bridgehead atoms. The summed E-state index contributed by atoms with van der Waals surface area (Å²) in [5, 5.41) is 0. The number of aryl methyl sites for hydroxylation is 2. The zero-order valence-electron chi connectivity index (χ0n) is 15.9. The summed E-state index contributed by atoms with van der Waals surface area (Å²) in [6.07, 6.45) is 1.86. The van der Waals surface area contributed by atoms with E-state index in [2.05, 4.69) is 11.9 Å². The quantitative estimate of drug-likeness (QED) is 0.547. The van der Waals surface area contributed by atoms with Crippen molar-refractivity contribution in [2.24, 2.45) is 0 Å². The Morgan fingerprint density at radius 3 is 2.52 bits per heavy atom. The number of thiazole rings is 1. The molecule has 0 aliphatic heterocycles. The van der Waals surface area contributed by atoms with Crippen molar-refractivity contribution < 1.29 is 9.47 Å². The van der Waals surface area contributed by atoms with Crippen LogP contribution in [-0.2, 0) is 0 Å². The molecule has 0 radical (unpaired) electrons. The third kappa shape index (κ3) is 2.68. The van der Waals surface area contributed by atoms with E-state index < -0.39 is 0 Å². The summed E-state index contributed by atoms with van der Waals surface area (Å²) < 4.78 is 13.2. The van der Waals surface area contributed by atoms with Crippen LogP contribution in [-0.4, -0.2) is 23.6 Å². The first kappa shape index (κ1) is 17.5. The lowest BCUT2D eigenvalue weighted by Gasteiger charge is -2.12. The molecule has 0 saturated carbocycles. The van der Waals surface area contributed by atoms with E-state index in [0.29, 0.717) is 15.2 Å². The van der Waals surface area contributed by atoms with Gasteiger partial charge in [0.2, 0.25) is 0 Å². The molecule has 0 aliphatic carbocycles. The number of nitrogens with zero attached hydrogens (tertiary/aromatic N) is 2. The summed E-state index contributed by atoms with van der Waals surface area (Å²) in [5.74, 6) is 1.46. The predicted molar refractivity (Wildman–Crippen MR) is 109 cm³/mol. The van der Waals surface area contributed by atoms with Gasteiger partial charge in [-0.25, -0.2) is 9.38 Å². The zero-order valence-corrected chi connectivity index (χ0v) is 16.7. The summed E-state index contributed by atoms with van der Waals surface area (Å²) in [7, 11) is 3.25. The van der Waals surface area contributed by atoms with Gasteiger partial charge in [0.15, 0.2) is 4.96 Å². The topological polar surface area (TPSA) is 52.8 Å². The molecule has 0 spiro atoms. The second-order valence-corrected chi connectivity index (χ2v) is 7.60. The molecule has 5 nitrogen and oxygen atoms in total. The van der Waals surface area contributed by atoms with Gasteiger partial charge in [-0.15, -0.1) is 0 Å². The lowest BCUT2D eigenvalue weighted by atomic mass is 10.1. The number of methoxy groups -OCH3 is 2. The summed E-state index contributed by atoms with van der Waals surface area (Å²) in [6.45, 7) is 6.04. The SMILES string of the molecule is COc1ccc(/C=c2\sc3nc4cc(C)c(C)cc4n3c2=O)c(OC)c1C. The van der Waals surface area contributed by atoms with E-state index in [4.69, 9.17) is 9.47 Å². The van der Waals surface area contributed by atoms with Crippen molar-refractivity contribution in [3.05, 3.63) is 61.4 Å². The Morgan fingerprint density at radius 1 is 1.07 bits per heavy atom. The number of hydrogen-bond donors (Lipinski definition) is 0.